The monoisotopic (exact) mass is 446 g/mol. The molecule has 0 saturated heterocycles. The third kappa shape index (κ3) is 7.69. The zero-order valence-corrected chi connectivity index (χ0v) is 19.6. The number of benzene rings is 2. The van der Waals surface area contributed by atoms with E-state index in [1.54, 1.807) is 16.7 Å². The van der Waals surface area contributed by atoms with Crippen LogP contribution in [-0.2, 0) is 16.1 Å². The number of nitrogens with zero attached hydrogens (tertiary/aromatic N) is 1. The molecule has 0 spiro atoms. The van der Waals surface area contributed by atoms with Crippen LogP contribution in [-0.4, -0.2) is 35.1 Å². The first-order valence-corrected chi connectivity index (χ1v) is 11.8. The van der Waals surface area contributed by atoms with Crippen molar-refractivity contribution >= 4 is 35.2 Å². The summed E-state index contributed by atoms with van der Waals surface area (Å²) in [5.74, 6) is 0.531. The number of nitrogens with one attached hydrogen (secondary N) is 1. The SMILES string of the molecule is CCCCNC(=O)[C@H](C)N(Cc1ccccc1C)C(=O)CCSc1ccc(Cl)cc1. The number of aryl methyl sites for hydroxylation is 1. The number of unbranched alkanes of at least 4 members (excludes halogenated alkanes) is 1. The molecule has 6 heteroatoms. The maximum Gasteiger partial charge on any atom is 0.242 e. The maximum absolute atomic E-state index is 13.1. The molecule has 2 amide bonds. The van der Waals surface area contributed by atoms with Crippen LogP contribution in [0.5, 0.6) is 0 Å². The molecule has 1 N–H and O–H groups in total. The minimum atomic E-state index is -0.519. The predicted molar refractivity (Wildman–Crippen MR) is 126 cm³/mol. The van der Waals surface area contributed by atoms with Crippen LogP contribution in [0.2, 0.25) is 5.02 Å². The number of carbonyl (C=O) groups is 2. The van der Waals surface area contributed by atoms with E-state index in [4.69, 9.17) is 11.6 Å². The van der Waals surface area contributed by atoms with Crippen LogP contribution in [0.3, 0.4) is 0 Å². The standard InChI is InChI=1S/C24H31ClN2O2S/c1-4-5-15-26-24(29)19(3)27(17-20-9-7-6-8-18(20)2)23(28)14-16-30-22-12-10-21(25)11-13-22/h6-13,19H,4-5,14-17H2,1-3H3,(H,26,29)/t19-/m0/s1. The largest absolute Gasteiger partial charge is 0.354 e. The van der Waals surface area contributed by atoms with E-state index in [1.807, 2.05) is 62.4 Å². The van der Waals surface area contributed by atoms with Gasteiger partial charge in [0, 0.05) is 35.2 Å². The van der Waals surface area contributed by atoms with Crippen LogP contribution >= 0.6 is 23.4 Å². The highest BCUT2D eigenvalue weighted by molar-refractivity contribution is 7.99. The number of amides is 2. The van der Waals surface area contributed by atoms with Crippen molar-refractivity contribution < 1.29 is 9.59 Å². The van der Waals surface area contributed by atoms with Gasteiger partial charge in [0.15, 0.2) is 0 Å². The first kappa shape index (κ1) is 24.3. The molecule has 2 aromatic rings. The van der Waals surface area contributed by atoms with E-state index in [2.05, 4.69) is 12.2 Å². The molecule has 0 fully saturated rings. The Kier molecular flexibility index (Phi) is 10.2. The summed E-state index contributed by atoms with van der Waals surface area (Å²) in [6.07, 6.45) is 2.32. The summed E-state index contributed by atoms with van der Waals surface area (Å²) in [6.45, 7) is 6.99. The van der Waals surface area contributed by atoms with Crippen LogP contribution < -0.4 is 5.32 Å². The third-order valence-electron chi connectivity index (χ3n) is 5.00. The molecule has 0 unspecified atom stereocenters. The van der Waals surface area contributed by atoms with Crippen molar-refractivity contribution in [2.45, 2.75) is 57.5 Å². The molecule has 1 atom stereocenters. The molecule has 4 nitrogen and oxygen atoms in total. The molecule has 0 heterocycles. The molecule has 2 rings (SSSR count). The summed E-state index contributed by atoms with van der Waals surface area (Å²) < 4.78 is 0. The average molecular weight is 447 g/mol. The molecular formula is C24H31ClN2O2S. The van der Waals surface area contributed by atoms with Crippen molar-refractivity contribution in [1.29, 1.82) is 0 Å². The van der Waals surface area contributed by atoms with Crippen molar-refractivity contribution in [3.63, 3.8) is 0 Å². The number of halogens is 1. The van der Waals surface area contributed by atoms with E-state index in [0.29, 0.717) is 30.3 Å². The molecule has 0 aromatic heterocycles. The molecule has 2 aromatic carbocycles. The second kappa shape index (κ2) is 12.7. The van der Waals surface area contributed by atoms with E-state index >= 15 is 0 Å². The maximum atomic E-state index is 13.1. The van der Waals surface area contributed by atoms with Gasteiger partial charge < -0.3 is 10.2 Å². The normalized spacial score (nSPS) is 11.7. The van der Waals surface area contributed by atoms with Gasteiger partial charge in [-0.15, -0.1) is 11.8 Å². The number of thioether (sulfide) groups is 1. The van der Waals surface area contributed by atoms with Crippen molar-refractivity contribution in [3.05, 3.63) is 64.7 Å². The van der Waals surface area contributed by atoms with Crippen LogP contribution in [0, 0.1) is 6.92 Å². The van der Waals surface area contributed by atoms with Gasteiger partial charge in [-0.25, -0.2) is 0 Å². The molecule has 0 aliphatic rings. The summed E-state index contributed by atoms with van der Waals surface area (Å²) in [6, 6.07) is 15.1. The first-order chi connectivity index (χ1) is 14.4. The lowest BCUT2D eigenvalue weighted by Gasteiger charge is -2.29. The van der Waals surface area contributed by atoms with Gasteiger partial charge in [-0.2, -0.15) is 0 Å². The lowest BCUT2D eigenvalue weighted by atomic mass is 10.1. The number of hydrogen-bond donors (Lipinski definition) is 1. The van der Waals surface area contributed by atoms with Gasteiger partial charge in [-0.3, -0.25) is 9.59 Å². The Hall–Kier alpha value is -1.98. The van der Waals surface area contributed by atoms with E-state index in [-0.39, 0.29) is 11.8 Å². The fourth-order valence-electron chi connectivity index (χ4n) is 3.02. The van der Waals surface area contributed by atoms with Gasteiger partial charge >= 0.3 is 0 Å². The molecule has 0 aliphatic heterocycles. The van der Waals surface area contributed by atoms with E-state index in [0.717, 1.165) is 28.9 Å². The zero-order valence-electron chi connectivity index (χ0n) is 18.0. The van der Waals surface area contributed by atoms with Crippen LogP contribution in [0.15, 0.2) is 53.4 Å². The highest BCUT2D eigenvalue weighted by Crippen LogP contribution is 2.22. The van der Waals surface area contributed by atoms with Crippen molar-refractivity contribution in [1.82, 2.24) is 10.2 Å². The Balaban J connectivity index is 2.04. The van der Waals surface area contributed by atoms with Crippen LogP contribution in [0.25, 0.3) is 0 Å². The number of hydrogen-bond acceptors (Lipinski definition) is 3. The lowest BCUT2D eigenvalue weighted by Crippen LogP contribution is -2.48. The van der Waals surface area contributed by atoms with Crippen molar-refractivity contribution in [2.24, 2.45) is 0 Å². The fraction of sp³-hybridized carbons (Fsp3) is 0.417. The Bertz CT molecular complexity index is 826. The first-order valence-electron chi connectivity index (χ1n) is 10.4. The van der Waals surface area contributed by atoms with Crippen LogP contribution in [0.4, 0.5) is 0 Å². The molecule has 0 bridgehead atoms. The lowest BCUT2D eigenvalue weighted by molar-refractivity contribution is -0.140. The van der Waals surface area contributed by atoms with Gasteiger partial charge in [-0.05, 0) is 55.7 Å². The summed E-state index contributed by atoms with van der Waals surface area (Å²) in [5, 5.41) is 3.65. The highest BCUT2D eigenvalue weighted by atomic mass is 35.5. The number of carbonyl (C=O) groups excluding carboxylic acids is 2. The fourth-order valence-corrected chi connectivity index (χ4v) is 3.99. The zero-order chi connectivity index (χ0) is 21.9. The summed E-state index contributed by atoms with van der Waals surface area (Å²) in [5.41, 5.74) is 2.17. The second-order valence-corrected chi connectivity index (χ2v) is 8.93. The average Bonchev–Trinajstić information content (AvgIpc) is 2.74. The quantitative estimate of drug-likeness (QED) is 0.368. The Labute approximate surface area is 189 Å². The minimum absolute atomic E-state index is 0.0159. The predicted octanol–water partition coefficient (Wildman–Crippen LogP) is 5.46. The molecule has 30 heavy (non-hydrogen) atoms. The van der Waals surface area contributed by atoms with Crippen molar-refractivity contribution in [2.75, 3.05) is 12.3 Å². The Morgan fingerprint density at radius 2 is 1.83 bits per heavy atom. The van der Waals surface area contributed by atoms with E-state index in [9.17, 15) is 9.59 Å². The Morgan fingerprint density at radius 3 is 2.50 bits per heavy atom. The topological polar surface area (TPSA) is 49.4 Å². The van der Waals surface area contributed by atoms with Gasteiger partial charge in [0.25, 0.3) is 0 Å². The highest BCUT2D eigenvalue weighted by Gasteiger charge is 2.26. The smallest absolute Gasteiger partial charge is 0.242 e. The third-order valence-corrected chi connectivity index (χ3v) is 6.26. The Morgan fingerprint density at radius 1 is 1.13 bits per heavy atom. The van der Waals surface area contributed by atoms with E-state index in [1.165, 1.54) is 0 Å². The summed E-state index contributed by atoms with van der Waals surface area (Å²) >= 11 is 7.54. The molecule has 0 saturated carbocycles. The molecule has 0 aliphatic carbocycles. The van der Waals surface area contributed by atoms with Crippen LogP contribution in [0.1, 0.15) is 44.2 Å². The van der Waals surface area contributed by atoms with E-state index < -0.39 is 6.04 Å². The minimum Gasteiger partial charge on any atom is -0.354 e. The van der Waals surface area contributed by atoms with Gasteiger partial charge in [0.2, 0.25) is 11.8 Å². The summed E-state index contributed by atoms with van der Waals surface area (Å²) in [4.78, 5) is 28.5. The van der Waals surface area contributed by atoms with Crippen molar-refractivity contribution in [3.8, 4) is 0 Å². The number of rotatable bonds is 11. The van der Waals surface area contributed by atoms with Gasteiger partial charge in [0.1, 0.15) is 6.04 Å². The second-order valence-electron chi connectivity index (χ2n) is 7.32. The van der Waals surface area contributed by atoms with Gasteiger partial charge in [0.05, 0.1) is 0 Å². The molecule has 162 valence electrons. The molecular weight excluding hydrogens is 416 g/mol. The van der Waals surface area contributed by atoms with Gasteiger partial charge in [-0.1, -0.05) is 49.2 Å². The summed E-state index contributed by atoms with van der Waals surface area (Å²) in [7, 11) is 0. The molecule has 0 radical (unpaired) electrons.